The van der Waals surface area contributed by atoms with Gasteiger partial charge in [-0.2, -0.15) is 0 Å². The molecule has 0 saturated heterocycles. The Morgan fingerprint density at radius 1 is 0.667 bits per heavy atom. The summed E-state index contributed by atoms with van der Waals surface area (Å²) in [5.74, 6) is 0.661. The molecule has 0 bridgehead atoms. The van der Waals surface area contributed by atoms with Crippen LogP contribution in [0.15, 0.2) is 201 Å². The molecule has 8 aliphatic carbocycles. The second-order valence-corrected chi connectivity index (χ2v) is 15.2. The Labute approximate surface area is 302 Å². The summed E-state index contributed by atoms with van der Waals surface area (Å²) in [4.78, 5) is 0. The van der Waals surface area contributed by atoms with Crippen LogP contribution in [0.1, 0.15) is 74.5 Å². The number of allylic oxidation sites excluding steroid dienone is 24. The highest BCUT2D eigenvalue weighted by Gasteiger charge is 2.55. The summed E-state index contributed by atoms with van der Waals surface area (Å²) in [6.45, 7) is 0. The summed E-state index contributed by atoms with van der Waals surface area (Å²) in [5.41, 5.74) is 28.5. The van der Waals surface area contributed by atoms with E-state index in [0.717, 1.165) is 44.1 Å². The van der Waals surface area contributed by atoms with Crippen LogP contribution in [0.5, 0.6) is 0 Å². The number of hydrogen-bond donors (Lipinski definition) is 0. The van der Waals surface area contributed by atoms with Crippen LogP contribution in [-0.4, -0.2) is 0 Å². The third-order valence-electron chi connectivity index (χ3n) is 12.4. The van der Waals surface area contributed by atoms with Gasteiger partial charge in [0, 0.05) is 16.6 Å². The van der Waals surface area contributed by atoms with E-state index in [1.54, 1.807) is 0 Å². The predicted molar refractivity (Wildman–Crippen MR) is 213 cm³/mol. The summed E-state index contributed by atoms with van der Waals surface area (Å²) in [6, 6.07) is 20.2. The third-order valence-corrected chi connectivity index (χ3v) is 12.4. The standard InChI is InChI=1S/C51H42/c1-4-13-35(14-5-1)38-24-28-46-43-20-8-2-6-15-36(43)23-27-48(46)49(32-38)40-18-12-17-39(31-40)45-29-25-41(51-30-11-10-19-42(51)34-51)33-50-44-21-9-3-7-16-37(44)22-26-47(45)50/h1-7,9-10,12-20,28-29,31-33,42H,8,11,21-23,26-27,30,34H2. The lowest BCUT2D eigenvalue weighted by Gasteiger charge is -2.27. The maximum absolute atomic E-state index is 3.97. The number of benzene rings is 2. The van der Waals surface area contributed by atoms with Gasteiger partial charge in [-0.15, -0.1) is 11.5 Å². The lowest BCUT2D eigenvalue weighted by molar-refractivity contribution is 0.521. The molecule has 2 atom stereocenters. The number of fused-ring (bicyclic) bond motifs is 5. The Balaban J connectivity index is 1.14. The highest BCUT2D eigenvalue weighted by atomic mass is 14.6. The van der Waals surface area contributed by atoms with Crippen LogP contribution in [0.4, 0.5) is 0 Å². The van der Waals surface area contributed by atoms with Crippen molar-refractivity contribution in [3.05, 3.63) is 218 Å². The van der Waals surface area contributed by atoms with Gasteiger partial charge in [0.05, 0.1) is 0 Å². The summed E-state index contributed by atoms with van der Waals surface area (Å²) < 4.78 is 0. The van der Waals surface area contributed by atoms with Gasteiger partial charge in [-0.25, -0.2) is 0 Å². The van der Waals surface area contributed by atoms with Crippen LogP contribution in [0, 0.1) is 11.3 Å². The average Bonchev–Trinajstić information content (AvgIpc) is 4.01. The van der Waals surface area contributed by atoms with Crippen molar-refractivity contribution >= 4 is 16.7 Å². The Morgan fingerprint density at radius 2 is 1.53 bits per heavy atom. The minimum Gasteiger partial charge on any atom is -0.116 e. The molecule has 2 aromatic rings. The Bertz CT molecular complexity index is 2370. The fraction of sp³-hybridized carbons (Fsp3) is 0.216. The maximum Gasteiger partial charge on any atom is 0.0243 e. The number of hydrogen-bond acceptors (Lipinski definition) is 0. The fourth-order valence-corrected chi connectivity index (χ4v) is 9.59. The molecule has 0 spiro atoms. The molecule has 0 N–H and O–H groups in total. The lowest BCUT2D eigenvalue weighted by atomic mass is 9.77. The van der Waals surface area contributed by atoms with Gasteiger partial charge in [-0.3, -0.25) is 0 Å². The van der Waals surface area contributed by atoms with Crippen LogP contribution >= 0.6 is 0 Å². The van der Waals surface area contributed by atoms with E-state index >= 15 is 0 Å². The van der Waals surface area contributed by atoms with Crippen molar-refractivity contribution in [2.24, 2.45) is 11.3 Å². The molecule has 0 aliphatic heterocycles. The first-order valence-corrected chi connectivity index (χ1v) is 19.0. The molecule has 2 aromatic carbocycles. The topological polar surface area (TPSA) is 0 Å². The minimum absolute atomic E-state index is 0.257. The van der Waals surface area contributed by atoms with E-state index in [2.05, 4.69) is 151 Å². The highest BCUT2D eigenvalue weighted by molar-refractivity contribution is 5.95. The van der Waals surface area contributed by atoms with E-state index in [1.807, 2.05) is 0 Å². The fourth-order valence-electron chi connectivity index (χ4n) is 9.59. The van der Waals surface area contributed by atoms with Gasteiger partial charge in [-0.05, 0) is 166 Å². The molecular weight excluding hydrogens is 613 g/mol. The van der Waals surface area contributed by atoms with Crippen molar-refractivity contribution in [1.82, 2.24) is 0 Å². The zero-order chi connectivity index (χ0) is 33.8. The first-order valence-electron chi connectivity index (χ1n) is 19.0. The van der Waals surface area contributed by atoms with Crippen molar-refractivity contribution in [2.75, 3.05) is 0 Å². The molecule has 1 fully saturated rings. The second kappa shape index (κ2) is 12.4. The van der Waals surface area contributed by atoms with E-state index in [9.17, 15) is 0 Å². The normalized spacial score (nSPS) is 25.8. The molecular formula is C51H42. The molecule has 51 heavy (non-hydrogen) atoms. The van der Waals surface area contributed by atoms with Crippen molar-refractivity contribution in [3.8, 4) is 0 Å². The van der Waals surface area contributed by atoms with Gasteiger partial charge >= 0.3 is 0 Å². The maximum atomic E-state index is 3.97. The van der Waals surface area contributed by atoms with Crippen molar-refractivity contribution in [1.29, 1.82) is 0 Å². The first kappa shape index (κ1) is 30.4. The SMILES string of the molecule is C1=CC2=C(CCC3=CC=CCC=C32)C(c2cccc(C3=C4CCC5=C(CC=CC=C5)C4=CC(C45CCC=CC4C5)=C=C3)c2)=CC=1c1ccccc1. The quantitative estimate of drug-likeness (QED) is 0.227. The lowest BCUT2D eigenvalue weighted by Crippen LogP contribution is -2.11. The molecule has 0 radical (unpaired) electrons. The molecule has 0 amide bonds. The molecule has 10 rings (SSSR count). The summed E-state index contributed by atoms with van der Waals surface area (Å²) >= 11 is 0. The third kappa shape index (κ3) is 5.30. The monoisotopic (exact) mass is 654 g/mol. The van der Waals surface area contributed by atoms with Gasteiger partial charge < -0.3 is 0 Å². The van der Waals surface area contributed by atoms with Gasteiger partial charge in [0.2, 0.25) is 0 Å². The van der Waals surface area contributed by atoms with Crippen LogP contribution in [0.2, 0.25) is 0 Å². The highest BCUT2D eigenvalue weighted by Crippen LogP contribution is 2.64. The zero-order valence-corrected chi connectivity index (χ0v) is 29.2. The first-order chi connectivity index (χ1) is 25.2. The molecule has 0 heterocycles. The van der Waals surface area contributed by atoms with Crippen molar-refractivity contribution in [3.63, 3.8) is 0 Å². The second-order valence-electron chi connectivity index (χ2n) is 15.2. The number of rotatable bonds is 4. The van der Waals surface area contributed by atoms with Crippen molar-refractivity contribution < 1.29 is 0 Å². The minimum atomic E-state index is 0.257. The zero-order valence-electron chi connectivity index (χ0n) is 29.2. The summed E-state index contributed by atoms with van der Waals surface area (Å²) in [6.07, 6.45) is 42.7. The van der Waals surface area contributed by atoms with Gasteiger partial charge in [0.1, 0.15) is 0 Å². The molecule has 0 aromatic heterocycles. The largest absolute Gasteiger partial charge is 0.116 e. The molecule has 2 unspecified atom stereocenters. The van der Waals surface area contributed by atoms with Gasteiger partial charge in [-0.1, -0.05) is 109 Å². The van der Waals surface area contributed by atoms with Crippen LogP contribution in [-0.2, 0) is 0 Å². The molecule has 0 heteroatoms. The molecule has 8 aliphatic rings. The van der Waals surface area contributed by atoms with Gasteiger partial charge in [0.25, 0.3) is 0 Å². The summed E-state index contributed by atoms with van der Waals surface area (Å²) in [7, 11) is 0. The molecule has 1 saturated carbocycles. The van der Waals surface area contributed by atoms with Crippen LogP contribution in [0.3, 0.4) is 0 Å². The van der Waals surface area contributed by atoms with E-state index in [4.69, 9.17) is 0 Å². The Morgan fingerprint density at radius 3 is 2.47 bits per heavy atom. The van der Waals surface area contributed by atoms with E-state index < -0.39 is 0 Å². The molecule has 246 valence electrons. The predicted octanol–water partition coefficient (Wildman–Crippen LogP) is 13.0. The van der Waals surface area contributed by atoms with Crippen LogP contribution in [0.25, 0.3) is 16.7 Å². The molecule has 0 nitrogen and oxygen atoms in total. The smallest absolute Gasteiger partial charge is 0.0243 e. The van der Waals surface area contributed by atoms with E-state index in [0.29, 0.717) is 5.92 Å². The van der Waals surface area contributed by atoms with Crippen LogP contribution < -0.4 is 0 Å². The Hall–Kier alpha value is -5.38. The van der Waals surface area contributed by atoms with Crippen molar-refractivity contribution in [2.45, 2.75) is 57.8 Å². The van der Waals surface area contributed by atoms with E-state index in [1.165, 1.54) is 97.3 Å². The Kier molecular flexibility index (Phi) is 7.42. The summed E-state index contributed by atoms with van der Waals surface area (Å²) in [5, 5.41) is 0. The van der Waals surface area contributed by atoms with E-state index in [-0.39, 0.29) is 5.41 Å². The van der Waals surface area contributed by atoms with Gasteiger partial charge in [0.15, 0.2) is 0 Å². The average molecular weight is 655 g/mol.